The van der Waals surface area contributed by atoms with Crippen LogP contribution in [-0.2, 0) is 11.3 Å². The van der Waals surface area contributed by atoms with Gasteiger partial charge in [0, 0.05) is 32.6 Å². The molecule has 1 atom stereocenters. The lowest BCUT2D eigenvalue weighted by molar-refractivity contribution is -0.135. The molecule has 1 unspecified atom stereocenters. The van der Waals surface area contributed by atoms with Crippen molar-refractivity contribution in [2.75, 3.05) is 32.7 Å². The van der Waals surface area contributed by atoms with Gasteiger partial charge in [0.05, 0.1) is 19.1 Å². The number of aromatic nitrogens is 2. The number of aryl methyl sites for hydroxylation is 1. The topological polar surface area (TPSA) is 74.5 Å². The summed E-state index contributed by atoms with van der Waals surface area (Å²) in [5, 5.41) is 6.34. The molecule has 2 aliphatic heterocycles. The maximum Gasteiger partial charge on any atom is 0.262 e. The zero-order valence-corrected chi connectivity index (χ0v) is 12.4. The largest absolute Gasteiger partial charge is 0.339 e. The van der Waals surface area contributed by atoms with Gasteiger partial charge < -0.3 is 9.42 Å². The molecule has 22 heavy (non-hydrogen) atoms. The van der Waals surface area contributed by atoms with Gasteiger partial charge in [-0.25, -0.2) is 8.78 Å². The van der Waals surface area contributed by atoms with Crippen LogP contribution in [0.4, 0.5) is 8.78 Å². The second-order valence-corrected chi connectivity index (χ2v) is 5.83. The highest BCUT2D eigenvalue weighted by Gasteiger charge is 2.43. The minimum atomic E-state index is -2.78. The summed E-state index contributed by atoms with van der Waals surface area (Å²) >= 11 is 0. The van der Waals surface area contributed by atoms with Crippen molar-refractivity contribution in [3.8, 4) is 0 Å². The number of rotatable bonds is 3. The van der Waals surface area contributed by atoms with Gasteiger partial charge in [-0.2, -0.15) is 4.98 Å². The molecule has 2 saturated heterocycles. The first-order valence-corrected chi connectivity index (χ1v) is 7.34. The third-order valence-electron chi connectivity index (χ3n) is 4.02. The van der Waals surface area contributed by atoms with E-state index in [9.17, 15) is 13.6 Å². The summed E-state index contributed by atoms with van der Waals surface area (Å²) in [4.78, 5) is 20.1. The van der Waals surface area contributed by atoms with Crippen LogP contribution < -0.4 is 5.32 Å². The quantitative estimate of drug-likeness (QED) is 0.848. The molecule has 7 nitrogen and oxygen atoms in total. The van der Waals surface area contributed by atoms with Gasteiger partial charge >= 0.3 is 0 Å². The predicted octanol–water partition coefficient (Wildman–Crippen LogP) is 0.0194. The lowest BCUT2D eigenvalue weighted by atomic mass is 10.1. The van der Waals surface area contributed by atoms with Gasteiger partial charge in [-0.15, -0.1) is 0 Å². The standard InChI is InChI=1S/C13H19F2N5O2/c1-9-17-11(22-18-9)7-19-2-4-20(5-3-19)12(21)10-6-13(14,15)8-16-10/h10,16H,2-8H2,1H3. The van der Waals surface area contributed by atoms with E-state index in [2.05, 4.69) is 20.4 Å². The van der Waals surface area contributed by atoms with Crippen molar-refractivity contribution in [2.45, 2.75) is 31.9 Å². The monoisotopic (exact) mass is 315 g/mol. The molecular weight excluding hydrogens is 296 g/mol. The average molecular weight is 315 g/mol. The van der Waals surface area contributed by atoms with Gasteiger partial charge in [-0.1, -0.05) is 5.16 Å². The number of hydrogen-bond donors (Lipinski definition) is 1. The van der Waals surface area contributed by atoms with Crippen LogP contribution in [0.15, 0.2) is 4.52 Å². The molecule has 1 N–H and O–H groups in total. The number of halogens is 2. The Balaban J connectivity index is 1.48. The Kier molecular flexibility index (Phi) is 4.09. The summed E-state index contributed by atoms with van der Waals surface area (Å²) in [5.74, 6) is -1.87. The fourth-order valence-electron chi connectivity index (χ4n) is 2.83. The van der Waals surface area contributed by atoms with Crippen LogP contribution in [-0.4, -0.2) is 70.5 Å². The van der Waals surface area contributed by atoms with Crippen LogP contribution in [0.2, 0.25) is 0 Å². The first-order chi connectivity index (χ1) is 10.4. The van der Waals surface area contributed by atoms with Gasteiger partial charge in [0.15, 0.2) is 5.82 Å². The summed E-state index contributed by atoms with van der Waals surface area (Å²) in [7, 11) is 0. The Hall–Kier alpha value is -1.61. The molecule has 2 aliphatic rings. The second kappa shape index (κ2) is 5.88. The lowest BCUT2D eigenvalue weighted by Gasteiger charge is -2.35. The van der Waals surface area contributed by atoms with Crippen molar-refractivity contribution < 1.29 is 18.1 Å². The smallest absolute Gasteiger partial charge is 0.262 e. The molecule has 122 valence electrons. The van der Waals surface area contributed by atoms with Crippen molar-refractivity contribution in [3.63, 3.8) is 0 Å². The third kappa shape index (κ3) is 3.41. The zero-order valence-electron chi connectivity index (χ0n) is 12.4. The van der Waals surface area contributed by atoms with Crippen molar-refractivity contribution in [1.82, 2.24) is 25.3 Å². The van der Waals surface area contributed by atoms with Gasteiger partial charge in [-0.3, -0.25) is 15.0 Å². The molecule has 0 radical (unpaired) electrons. The van der Waals surface area contributed by atoms with Crippen LogP contribution >= 0.6 is 0 Å². The molecular formula is C13H19F2N5O2. The van der Waals surface area contributed by atoms with E-state index in [1.807, 2.05) is 0 Å². The molecule has 1 amide bonds. The Morgan fingerprint density at radius 3 is 2.68 bits per heavy atom. The summed E-state index contributed by atoms with van der Waals surface area (Å²) in [6, 6.07) is -0.764. The highest BCUT2D eigenvalue weighted by molar-refractivity contribution is 5.82. The van der Waals surface area contributed by atoms with E-state index in [0.29, 0.717) is 44.4 Å². The first-order valence-electron chi connectivity index (χ1n) is 7.34. The number of carbonyl (C=O) groups excluding carboxylic acids is 1. The molecule has 9 heteroatoms. The fraction of sp³-hybridized carbons (Fsp3) is 0.769. The van der Waals surface area contributed by atoms with Crippen LogP contribution in [0.1, 0.15) is 18.1 Å². The van der Waals surface area contributed by atoms with E-state index < -0.39 is 24.9 Å². The molecule has 1 aromatic rings. The van der Waals surface area contributed by atoms with Crippen LogP contribution in [0.3, 0.4) is 0 Å². The number of piperazine rings is 1. The number of hydrogen-bond acceptors (Lipinski definition) is 6. The van der Waals surface area contributed by atoms with Crippen molar-refractivity contribution in [3.05, 3.63) is 11.7 Å². The molecule has 3 heterocycles. The van der Waals surface area contributed by atoms with Crippen molar-refractivity contribution in [2.24, 2.45) is 0 Å². The summed E-state index contributed by atoms with van der Waals surface area (Å²) < 4.78 is 31.4. The van der Waals surface area contributed by atoms with Gasteiger partial charge in [-0.05, 0) is 6.92 Å². The molecule has 0 saturated carbocycles. The SMILES string of the molecule is Cc1noc(CN2CCN(C(=O)C3CC(F)(F)CN3)CC2)n1. The van der Waals surface area contributed by atoms with E-state index in [4.69, 9.17) is 4.52 Å². The van der Waals surface area contributed by atoms with Crippen LogP contribution in [0.25, 0.3) is 0 Å². The van der Waals surface area contributed by atoms with E-state index in [0.717, 1.165) is 0 Å². The second-order valence-electron chi connectivity index (χ2n) is 5.83. The third-order valence-corrected chi connectivity index (χ3v) is 4.02. The van der Waals surface area contributed by atoms with Crippen molar-refractivity contribution in [1.29, 1.82) is 0 Å². The van der Waals surface area contributed by atoms with Gasteiger partial charge in [0.25, 0.3) is 5.92 Å². The maximum absolute atomic E-state index is 13.2. The zero-order chi connectivity index (χ0) is 15.7. The Bertz CT molecular complexity index is 542. The van der Waals surface area contributed by atoms with Crippen LogP contribution in [0.5, 0.6) is 0 Å². The number of amides is 1. The molecule has 0 aromatic carbocycles. The molecule has 1 aromatic heterocycles. The first kappa shape index (κ1) is 15.3. The number of carbonyl (C=O) groups is 1. The predicted molar refractivity (Wildman–Crippen MR) is 72.2 cm³/mol. The van der Waals surface area contributed by atoms with E-state index in [-0.39, 0.29) is 5.91 Å². The summed E-state index contributed by atoms with van der Waals surface area (Å²) in [6.07, 6.45) is -0.409. The van der Waals surface area contributed by atoms with E-state index in [1.165, 1.54) is 0 Å². The Morgan fingerprint density at radius 1 is 1.41 bits per heavy atom. The fourth-order valence-corrected chi connectivity index (χ4v) is 2.83. The normalized spacial score (nSPS) is 25.6. The number of alkyl halides is 2. The summed E-state index contributed by atoms with van der Waals surface area (Å²) in [6.45, 7) is 4.26. The molecule has 2 fully saturated rings. The Labute approximate surface area is 126 Å². The molecule has 0 spiro atoms. The average Bonchev–Trinajstić information content (AvgIpc) is 3.04. The summed E-state index contributed by atoms with van der Waals surface area (Å²) in [5.41, 5.74) is 0. The van der Waals surface area contributed by atoms with Crippen LogP contribution in [0, 0.1) is 6.92 Å². The maximum atomic E-state index is 13.2. The van der Waals surface area contributed by atoms with Crippen molar-refractivity contribution >= 4 is 5.91 Å². The number of nitrogens with one attached hydrogen (secondary N) is 1. The highest BCUT2D eigenvalue weighted by Crippen LogP contribution is 2.26. The van der Waals surface area contributed by atoms with Gasteiger partial charge in [0.2, 0.25) is 11.8 Å². The van der Waals surface area contributed by atoms with Gasteiger partial charge in [0.1, 0.15) is 0 Å². The van der Waals surface area contributed by atoms with E-state index in [1.54, 1.807) is 11.8 Å². The molecule has 0 bridgehead atoms. The highest BCUT2D eigenvalue weighted by atomic mass is 19.3. The molecule has 3 rings (SSSR count). The molecule has 0 aliphatic carbocycles. The number of nitrogens with zero attached hydrogens (tertiary/aromatic N) is 4. The minimum absolute atomic E-state index is 0.231. The minimum Gasteiger partial charge on any atom is -0.339 e. The Morgan fingerprint density at radius 2 is 2.14 bits per heavy atom. The lowest BCUT2D eigenvalue weighted by Crippen LogP contribution is -2.52. The van der Waals surface area contributed by atoms with E-state index >= 15 is 0 Å².